The maximum Gasteiger partial charge on any atom is 0.323 e. The van der Waals surface area contributed by atoms with Crippen LogP contribution in [0.25, 0.3) is 11.3 Å². The fourth-order valence-electron chi connectivity index (χ4n) is 3.44. The molecule has 1 aliphatic rings. The molecule has 162 valence electrons. The average molecular weight is 428 g/mol. The number of hydrogen-bond donors (Lipinski definition) is 4. The molecule has 0 fully saturated rings. The van der Waals surface area contributed by atoms with Gasteiger partial charge in [-0.2, -0.15) is 5.10 Å². The molecule has 1 atom stereocenters. The molecule has 32 heavy (non-hydrogen) atoms. The molecule has 0 aliphatic carbocycles. The number of nitrogens with zero attached hydrogens (tertiary/aromatic N) is 2. The number of carbonyl (C=O) groups is 2. The molecule has 1 aromatic heterocycles. The van der Waals surface area contributed by atoms with Crippen molar-refractivity contribution in [3.8, 4) is 11.3 Å². The van der Waals surface area contributed by atoms with E-state index >= 15 is 0 Å². The van der Waals surface area contributed by atoms with Crippen LogP contribution >= 0.6 is 0 Å². The number of nitrogens with one attached hydrogen (secondary N) is 3. The lowest BCUT2D eigenvalue weighted by atomic mass is 10.0. The van der Waals surface area contributed by atoms with E-state index in [4.69, 9.17) is 5.73 Å². The summed E-state index contributed by atoms with van der Waals surface area (Å²) in [5, 5.41) is 12.4. The molecule has 8 heteroatoms. The van der Waals surface area contributed by atoms with Crippen molar-refractivity contribution >= 4 is 11.9 Å². The largest absolute Gasteiger partial charge is 0.395 e. The third-order valence-electron chi connectivity index (χ3n) is 5.18. The van der Waals surface area contributed by atoms with Crippen LogP contribution in [-0.4, -0.2) is 21.7 Å². The first-order valence-corrected chi connectivity index (χ1v) is 10.2. The Balaban J connectivity index is 1.48. The van der Waals surface area contributed by atoms with Crippen LogP contribution < -0.4 is 21.7 Å². The topological polar surface area (TPSA) is 114 Å². The monoisotopic (exact) mass is 428 g/mol. The molecule has 0 saturated heterocycles. The summed E-state index contributed by atoms with van der Waals surface area (Å²) in [7, 11) is 0. The molecule has 8 nitrogen and oxygen atoms in total. The van der Waals surface area contributed by atoms with Crippen molar-refractivity contribution in [3.63, 3.8) is 0 Å². The van der Waals surface area contributed by atoms with Crippen molar-refractivity contribution in [1.29, 1.82) is 0 Å². The number of benzene rings is 2. The van der Waals surface area contributed by atoms with Gasteiger partial charge in [-0.15, -0.1) is 0 Å². The zero-order chi connectivity index (χ0) is 22.7. The van der Waals surface area contributed by atoms with Gasteiger partial charge in [-0.05, 0) is 30.2 Å². The first-order valence-electron chi connectivity index (χ1n) is 10.2. The second kappa shape index (κ2) is 8.81. The predicted molar refractivity (Wildman–Crippen MR) is 122 cm³/mol. The molecule has 0 spiro atoms. The molecule has 4 rings (SSSR count). The van der Waals surface area contributed by atoms with Gasteiger partial charge in [0.1, 0.15) is 5.70 Å². The van der Waals surface area contributed by atoms with Gasteiger partial charge in [0, 0.05) is 11.8 Å². The highest BCUT2D eigenvalue weighted by molar-refractivity contribution is 6.00. The minimum absolute atomic E-state index is 0.0126. The summed E-state index contributed by atoms with van der Waals surface area (Å²) in [6.07, 6.45) is 1.95. The van der Waals surface area contributed by atoms with E-state index in [2.05, 4.69) is 39.8 Å². The van der Waals surface area contributed by atoms with Gasteiger partial charge < -0.3 is 21.7 Å². The minimum atomic E-state index is -0.546. The van der Waals surface area contributed by atoms with Crippen LogP contribution in [0.4, 0.5) is 4.79 Å². The third kappa shape index (κ3) is 4.54. The minimum Gasteiger partial charge on any atom is -0.395 e. The zero-order valence-corrected chi connectivity index (χ0v) is 17.6. The average Bonchev–Trinajstić information content (AvgIpc) is 3.25. The Bertz CT molecular complexity index is 1210. The molecule has 2 heterocycles. The summed E-state index contributed by atoms with van der Waals surface area (Å²) in [6, 6.07) is 19.0. The van der Waals surface area contributed by atoms with E-state index in [9.17, 15) is 9.59 Å². The lowest BCUT2D eigenvalue weighted by Gasteiger charge is -2.22. The molecule has 0 radical (unpaired) electrons. The Morgan fingerprint density at radius 3 is 2.72 bits per heavy atom. The number of nitrogens with two attached hydrogens (primary N) is 1. The van der Waals surface area contributed by atoms with Gasteiger partial charge in [0.15, 0.2) is 0 Å². The quantitative estimate of drug-likeness (QED) is 0.483. The highest BCUT2D eigenvalue weighted by atomic mass is 16.2. The standard InChI is InChI=1S/C24H24N6O2/c1-15(26-23(31)22-21(25)16(2)27-24(32)28-22)18-9-6-10-19(13-18)20-11-12-30(29-20)14-17-7-4-3-5-8-17/h3-13,15H,2,14,25H2,1H3,(H,26,31)(H2,27,28,32)/t15-/m1/s1. The van der Waals surface area contributed by atoms with Crippen LogP contribution in [0.15, 0.2) is 90.5 Å². The predicted octanol–water partition coefficient (Wildman–Crippen LogP) is 2.77. The van der Waals surface area contributed by atoms with E-state index in [0.717, 1.165) is 16.8 Å². The van der Waals surface area contributed by atoms with Gasteiger partial charge >= 0.3 is 6.03 Å². The normalized spacial score (nSPS) is 14.5. The number of carbonyl (C=O) groups excluding carboxylic acids is 2. The number of urea groups is 1. The van der Waals surface area contributed by atoms with E-state index in [1.54, 1.807) is 0 Å². The summed E-state index contributed by atoms with van der Waals surface area (Å²) in [4.78, 5) is 24.3. The van der Waals surface area contributed by atoms with Crippen molar-refractivity contribution in [2.45, 2.75) is 19.5 Å². The smallest absolute Gasteiger partial charge is 0.323 e. The molecule has 3 amide bonds. The third-order valence-corrected chi connectivity index (χ3v) is 5.18. The molecule has 0 bridgehead atoms. The highest BCUT2D eigenvalue weighted by Crippen LogP contribution is 2.22. The number of aromatic nitrogens is 2. The number of hydrogen-bond acceptors (Lipinski definition) is 4. The fourth-order valence-corrected chi connectivity index (χ4v) is 3.44. The number of amides is 3. The summed E-state index contributed by atoms with van der Waals surface area (Å²) in [5.74, 6) is -0.483. The SMILES string of the molecule is C=C1NC(=O)NC(C(=O)N[C@H](C)c2cccc(-c3ccn(Cc4ccccc4)n3)c2)=C1N. The molecule has 0 saturated carbocycles. The van der Waals surface area contributed by atoms with Crippen molar-refractivity contribution < 1.29 is 9.59 Å². The maximum atomic E-state index is 12.7. The van der Waals surface area contributed by atoms with Crippen molar-refractivity contribution in [2.75, 3.05) is 0 Å². The Morgan fingerprint density at radius 2 is 1.94 bits per heavy atom. The molecule has 5 N–H and O–H groups in total. The molecule has 1 aliphatic heterocycles. The molecule has 0 unspecified atom stereocenters. The van der Waals surface area contributed by atoms with Gasteiger partial charge in [0.2, 0.25) is 0 Å². The van der Waals surface area contributed by atoms with Gasteiger partial charge in [-0.25, -0.2) is 4.79 Å². The van der Waals surface area contributed by atoms with Gasteiger partial charge in [0.05, 0.1) is 29.7 Å². The van der Waals surface area contributed by atoms with Crippen molar-refractivity contribution in [1.82, 2.24) is 25.7 Å². The Morgan fingerprint density at radius 1 is 1.16 bits per heavy atom. The summed E-state index contributed by atoms with van der Waals surface area (Å²) >= 11 is 0. The van der Waals surface area contributed by atoms with Crippen LogP contribution in [0.1, 0.15) is 24.1 Å². The van der Waals surface area contributed by atoms with E-state index in [1.165, 1.54) is 5.56 Å². The zero-order valence-electron chi connectivity index (χ0n) is 17.6. The van der Waals surface area contributed by atoms with Crippen LogP contribution in [0.3, 0.4) is 0 Å². The van der Waals surface area contributed by atoms with E-state index < -0.39 is 11.9 Å². The highest BCUT2D eigenvalue weighted by Gasteiger charge is 2.25. The lowest BCUT2D eigenvalue weighted by molar-refractivity contribution is -0.118. The summed E-state index contributed by atoms with van der Waals surface area (Å²) in [5.41, 5.74) is 10.0. The van der Waals surface area contributed by atoms with Crippen LogP contribution in [-0.2, 0) is 11.3 Å². The maximum absolute atomic E-state index is 12.7. The number of rotatable bonds is 6. The summed E-state index contributed by atoms with van der Waals surface area (Å²) < 4.78 is 1.89. The van der Waals surface area contributed by atoms with Crippen molar-refractivity contribution in [2.24, 2.45) is 5.73 Å². The van der Waals surface area contributed by atoms with Crippen molar-refractivity contribution in [3.05, 3.63) is 102 Å². The van der Waals surface area contributed by atoms with Gasteiger partial charge in [0.25, 0.3) is 5.91 Å². The van der Waals surface area contributed by atoms with Crippen LogP contribution in [0, 0.1) is 0 Å². The fraction of sp³-hybridized carbons (Fsp3) is 0.125. The first-order chi connectivity index (χ1) is 15.4. The van der Waals surface area contributed by atoms with Crippen LogP contribution in [0.2, 0.25) is 0 Å². The van der Waals surface area contributed by atoms with Gasteiger partial charge in [-0.3, -0.25) is 9.48 Å². The molecular formula is C24H24N6O2. The first kappa shape index (κ1) is 20.9. The van der Waals surface area contributed by atoms with E-state index in [-0.39, 0.29) is 23.1 Å². The summed E-state index contributed by atoms with van der Waals surface area (Å²) in [6.45, 7) is 6.20. The van der Waals surface area contributed by atoms with E-state index in [1.807, 2.05) is 66.3 Å². The second-order valence-corrected chi connectivity index (χ2v) is 7.55. The molecule has 2 aromatic carbocycles. The molecule has 3 aromatic rings. The van der Waals surface area contributed by atoms with E-state index in [0.29, 0.717) is 6.54 Å². The Hall–Kier alpha value is -4.33. The molecular weight excluding hydrogens is 404 g/mol. The van der Waals surface area contributed by atoms with Gasteiger partial charge in [-0.1, -0.05) is 55.1 Å². The second-order valence-electron chi connectivity index (χ2n) is 7.55. The Kier molecular flexibility index (Phi) is 5.76. The lowest BCUT2D eigenvalue weighted by Crippen LogP contribution is -2.47. The Labute approximate surface area is 185 Å². The van der Waals surface area contributed by atoms with Crippen LogP contribution in [0.5, 0.6) is 0 Å².